The molecule has 0 saturated carbocycles. The summed E-state index contributed by atoms with van der Waals surface area (Å²) >= 11 is 6.04. The van der Waals surface area contributed by atoms with E-state index in [9.17, 15) is 0 Å². The summed E-state index contributed by atoms with van der Waals surface area (Å²) in [6, 6.07) is 8.80. The van der Waals surface area contributed by atoms with Crippen molar-refractivity contribution in [2.24, 2.45) is 0 Å². The first-order valence-corrected chi connectivity index (χ1v) is 8.55. The molecule has 0 radical (unpaired) electrons. The summed E-state index contributed by atoms with van der Waals surface area (Å²) in [6.45, 7) is 2.27. The van der Waals surface area contributed by atoms with Crippen LogP contribution in [-0.2, 0) is 6.42 Å². The second-order valence-corrected chi connectivity index (χ2v) is 6.17. The third-order valence-corrected chi connectivity index (χ3v) is 4.17. The molecule has 0 amide bonds. The van der Waals surface area contributed by atoms with E-state index >= 15 is 0 Å². The third kappa shape index (κ3) is 7.91. The second kappa shape index (κ2) is 11.2. The number of hydrogen-bond donors (Lipinski definition) is 1. The van der Waals surface area contributed by atoms with Crippen LogP contribution in [0.5, 0.6) is 0 Å². The molecule has 114 valence electrons. The highest BCUT2D eigenvalue weighted by molar-refractivity contribution is 6.30. The Morgan fingerprint density at radius 1 is 1.05 bits per heavy atom. The smallest absolute Gasteiger partial charge is 0.0408 e. The van der Waals surface area contributed by atoms with E-state index in [2.05, 4.69) is 31.4 Å². The van der Waals surface area contributed by atoms with Crippen LogP contribution in [0.1, 0.15) is 63.9 Å². The van der Waals surface area contributed by atoms with Gasteiger partial charge in [0.1, 0.15) is 0 Å². The quantitative estimate of drug-likeness (QED) is 0.523. The Labute approximate surface area is 130 Å². The van der Waals surface area contributed by atoms with E-state index in [-0.39, 0.29) is 0 Å². The van der Waals surface area contributed by atoms with Crippen LogP contribution in [-0.4, -0.2) is 13.1 Å². The normalized spacial score (nSPS) is 12.6. The van der Waals surface area contributed by atoms with Crippen LogP contribution in [0.3, 0.4) is 0 Å². The van der Waals surface area contributed by atoms with Gasteiger partial charge in [-0.05, 0) is 37.6 Å². The standard InChI is InChI=1S/C18H30ClN/c1-3-4-5-6-7-8-9-13-18(20-2)15-16-11-10-12-17(19)14-16/h10-12,14,18,20H,3-9,13,15H2,1-2H3. The largest absolute Gasteiger partial charge is 0.317 e. The van der Waals surface area contributed by atoms with Crippen LogP contribution in [0.25, 0.3) is 0 Å². The fourth-order valence-corrected chi connectivity index (χ4v) is 2.86. The molecule has 0 bridgehead atoms. The van der Waals surface area contributed by atoms with Gasteiger partial charge in [0.15, 0.2) is 0 Å². The van der Waals surface area contributed by atoms with Gasteiger partial charge >= 0.3 is 0 Å². The number of rotatable bonds is 11. The van der Waals surface area contributed by atoms with Crippen molar-refractivity contribution in [3.8, 4) is 0 Å². The third-order valence-electron chi connectivity index (χ3n) is 3.94. The van der Waals surface area contributed by atoms with E-state index in [4.69, 9.17) is 11.6 Å². The lowest BCUT2D eigenvalue weighted by Crippen LogP contribution is -2.27. The SMILES string of the molecule is CCCCCCCCCC(Cc1cccc(Cl)c1)NC. The zero-order valence-electron chi connectivity index (χ0n) is 13.1. The number of benzene rings is 1. The maximum absolute atomic E-state index is 6.04. The monoisotopic (exact) mass is 295 g/mol. The van der Waals surface area contributed by atoms with Gasteiger partial charge in [-0.15, -0.1) is 0 Å². The van der Waals surface area contributed by atoms with Crippen molar-refractivity contribution in [2.75, 3.05) is 7.05 Å². The van der Waals surface area contributed by atoms with Crippen molar-refractivity contribution >= 4 is 11.6 Å². The van der Waals surface area contributed by atoms with Crippen molar-refractivity contribution in [1.82, 2.24) is 5.32 Å². The second-order valence-electron chi connectivity index (χ2n) is 5.73. The van der Waals surface area contributed by atoms with Gasteiger partial charge in [-0.3, -0.25) is 0 Å². The molecule has 1 aromatic rings. The van der Waals surface area contributed by atoms with Gasteiger partial charge in [0, 0.05) is 11.1 Å². The lowest BCUT2D eigenvalue weighted by molar-refractivity contribution is 0.478. The van der Waals surface area contributed by atoms with Crippen molar-refractivity contribution < 1.29 is 0 Å². The van der Waals surface area contributed by atoms with Crippen molar-refractivity contribution in [2.45, 2.75) is 70.8 Å². The van der Waals surface area contributed by atoms with E-state index in [0.717, 1.165) is 11.4 Å². The molecular weight excluding hydrogens is 266 g/mol. The van der Waals surface area contributed by atoms with Crippen molar-refractivity contribution in [1.29, 1.82) is 0 Å². The summed E-state index contributed by atoms with van der Waals surface area (Å²) in [6.07, 6.45) is 12.0. The van der Waals surface area contributed by atoms with Crippen LogP contribution in [0, 0.1) is 0 Å². The molecule has 1 N–H and O–H groups in total. The van der Waals surface area contributed by atoms with Gasteiger partial charge < -0.3 is 5.32 Å². The van der Waals surface area contributed by atoms with Crippen LogP contribution in [0.4, 0.5) is 0 Å². The highest BCUT2D eigenvalue weighted by Crippen LogP contribution is 2.15. The Morgan fingerprint density at radius 3 is 2.40 bits per heavy atom. The Hall–Kier alpha value is -0.530. The molecule has 0 aliphatic heterocycles. The van der Waals surface area contributed by atoms with Gasteiger partial charge in [0.2, 0.25) is 0 Å². The van der Waals surface area contributed by atoms with E-state index in [1.807, 2.05) is 12.1 Å². The van der Waals surface area contributed by atoms with E-state index in [1.54, 1.807) is 0 Å². The molecule has 0 aromatic heterocycles. The maximum atomic E-state index is 6.04. The molecule has 0 aliphatic carbocycles. The van der Waals surface area contributed by atoms with E-state index in [1.165, 1.54) is 56.9 Å². The molecule has 0 saturated heterocycles. The van der Waals surface area contributed by atoms with Crippen molar-refractivity contribution in [3.63, 3.8) is 0 Å². The first kappa shape index (κ1) is 17.5. The highest BCUT2D eigenvalue weighted by Gasteiger charge is 2.07. The summed E-state index contributed by atoms with van der Waals surface area (Å²) < 4.78 is 0. The molecule has 0 heterocycles. The lowest BCUT2D eigenvalue weighted by atomic mass is 9.99. The summed E-state index contributed by atoms with van der Waals surface area (Å²) in [7, 11) is 2.07. The van der Waals surface area contributed by atoms with Gasteiger partial charge in [0.25, 0.3) is 0 Å². The minimum Gasteiger partial charge on any atom is -0.317 e. The fourth-order valence-electron chi connectivity index (χ4n) is 2.64. The molecule has 1 atom stereocenters. The number of unbranched alkanes of at least 4 members (excludes halogenated alkanes) is 6. The van der Waals surface area contributed by atoms with Crippen molar-refractivity contribution in [3.05, 3.63) is 34.9 Å². The van der Waals surface area contributed by atoms with E-state index in [0.29, 0.717) is 6.04 Å². The summed E-state index contributed by atoms with van der Waals surface area (Å²) in [4.78, 5) is 0. The molecule has 2 heteroatoms. The van der Waals surface area contributed by atoms with Crippen LogP contribution >= 0.6 is 11.6 Å². The minimum absolute atomic E-state index is 0.573. The number of halogens is 1. The average molecular weight is 296 g/mol. The molecule has 0 fully saturated rings. The molecule has 1 unspecified atom stereocenters. The summed E-state index contributed by atoms with van der Waals surface area (Å²) in [5, 5.41) is 4.28. The molecule has 20 heavy (non-hydrogen) atoms. The Bertz CT molecular complexity index is 351. The van der Waals surface area contributed by atoms with Gasteiger partial charge in [-0.25, -0.2) is 0 Å². The Morgan fingerprint density at radius 2 is 1.75 bits per heavy atom. The van der Waals surface area contributed by atoms with Crippen LogP contribution < -0.4 is 5.32 Å². The van der Waals surface area contributed by atoms with E-state index < -0.39 is 0 Å². The maximum Gasteiger partial charge on any atom is 0.0408 e. The molecule has 1 rings (SSSR count). The summed E-state index contributed by atoms with van der Waals surface area (Å²) in [5.74, 6) is 0. The Balaban J connectivity index is 2.16. The average Bonchev–Trinajstić information content (AvgIpc) is 2.45. The molecule has 1 aromatic carbocycles. The predicted molar refractivity (Wildman–Crippen MR) is 90.6 cm³/mol. The zero-order chi connectivity index (χ0) is 14.6. The Kier molecular flexibility index (Phi) is 9.78. The molecule has 0 spiro atoms. The zero-order valence-corrected chi connectivity index (χ0v) is 13.9. The van der Waals surface area contributed by atoms with Gasteiger partial charge in [-0.2, -0.15) is 0 Å². The molecule has 1 nitrogen and oxygen atoms in total. The topological polar surface area (TPSA) is 12.0 Å². The summed E-state index contributed by atoms with van der Waals surface area (Å²) in [5.41, 5.74) is 1.33. The highest BCUT2D eigenvalue weighted by atomic mass is 35.5. The number of likely N-dealkylation sites (N-methyl/N-ethyl adjacent to an activating group) is 1. The fraction of sp³-hybridized carbons (Fsp3) is 0.667. The molecule has 0 aliphatic rings. The first-order valence-electron chi connectivity index (χ1n) is 8.18. The minimum atomic E-state index is 0.573. The van der Waals surface area contributed by atoms with Crippen LogP contribution in [0.2, 0.25) is 5.02 Å². The predicted octanol–water partition coefficient (Wildman–Crippen LogP) is 5.61. The first-order chi connectivity index (χ1) is 9.76. The number of nitrogens with one attached hydrogen (secondary N) is 1. The van der Waals surface area contributed by atoms with Gasteiger partial charge in [-0.1, -0.05) is 75.6 Å². The molecular formula is C18H30ClN. The lowest BCUT2D eigenvalue weighted by Gasteiger charge is -2.16. The van der Waals surface area contributed by atoms with Gasteiger partial charge in [0.05, 0.1) is 0 Å². The number of hydrogen-bond acceptors (Lipinski definition) is 1. The van der Waals surface area contributed by atoms with Crippen LogP contribution in [0.15, 0.2) is 24.3 Å².